The normalized spacial score (nSPS) is 13.0. The second-order valence-corrected chi connectivity index (χ2v) is 7.29. The molecule has 1 N–H and O–H groups in total. The number of carbonyl (C=O) groups excluding carboxylic acids is 1. The van der Waals surface area contributed by atoms with Crippen molar-refractivity contribution in [3.63, 3.8) is 0 Å². The molecule has 9 heteroatoms. The lowest BCUT2D eigenvalue weighted by Crippen LogP contribution is -2.21. The number of carbonyl (C=O) groups is 1. The van der Waals surface area contributed by atoms with Crippen LogP contribution in [0.15, 0.2) is 60.9 Å². The van der Waals surface area contributed by atoms with Crippen molar-refractivity contribution in [2.24, 2.45) is 0 Å². The van der Waals surface area contributed by atoms with Crippen molar-refractivity contribution in [2.75, 3.05) is 5.32 Å². The van der Waals surface area contributed by atoms with Gasteiger partial charge < -0.3 is 5.32 Å². The maximum Gasteiger partial charge on any atom is 0.416 e. The minimum Gasteiger partial charge on any atom is -0.324 e. The third kappa shape index (κ3) is 5.09. The molecule has 0 aliphatic rings. The Labute approximate surface area is 180 Å². The van der Waals surface area contributed by atoms with E-state index in [1.54, 1.807) is 12.1 Å². The molecule has 32 heavy (non-hydrogen) atoms. The first kappa shape index (κ1) is 23.3. The van der Waals surface area contributed by atoms with Crippen molar-refractivity contribution < 1.29 is 31.1 Å². The molecule has 1 atom stereocenters. The number of alkyl halides is 6. The molecule has 168 valence electrons. The van der Waals surface area contributed by atoms with Gasteiger partial charge in [-0.25, -0.2) is 0 Å². The standard InChI is InChI=1S/C23H18F6N2O/c1-13-5-3-4-6-18(13)19-7-8-30-12-20(19)31-21(32)14(2)15-9-16(22(24,25)26)11-17(10-15)23(27,28)29/h3-12,14H,1-2H3,(H,31,32). The van der Waals surface area contributed by atoms with E-state index in [-0.39, 0.29) is 6.07 Å². The molecule has 0 aliphatic heterocycles. The molecule has 1 unspecified atom stereocenters. The Balaban J connectivity index is 1.97. The first-order valence-electron chi connectivity index (χ1n) is 9.48. The zero-order valence-corrected chi connectivity index (χ0v) is 17.0. The number of nitrogens with one attached hydrogen (secondary N) is 1. The predicted octanol–water partition coefficient (Wildman–Crippen LogP) is 6.84. The molecular weight excluding hydrogens is 434 g/mol. The molecule has 3 aromatic rings. The number of rotatable bonds is 4. The summed E-state index contributed by atoms with van der Waals surface area (Å²) < 4.78 is 78.9. The maximum absolute atomic E-state index is 13.1. The van der Waals surface area contributed by atoms with Crippen LogP contribution < -0.4 is 5.32 Å². The molecule has 0 radical (unpaired) electrons. The lowest BCUT2D eigenvalue weighted by atomic mass is 9.94. The van der Waals surface area contributed by atoms with E-state index in [1.165, 1.54) is 19.3 Å². The highest BCUT2D eigenvalue weighted by molar-refractivity contribution is 5.99. The van der Waals surface area contributed by atoms with Gasteiger partial charge in [0.15, 0.2) is 0 Å². The van der Waals surface area contributed by atoms with Gasteiger partial charge in [-0.05, 0) is 54.8 Å². The van der Waals surface area contributed by atoms with Crippen molar-refractivity contribution in [1.29, 1.82) is 0 Å². The molecule has 1 amide bonds. The number of hydrogen-bond acceptors (Lipinski definition) is 2. The minimum atomic E-state index is -4.99. The second-order valence-electron chi connectivity index (χ2n) is 7.29. The number of amides is 1. The molecule has 0 aliphatic carbocycles. The summed E-state index contributed by atoms with van der Waals surface area (Å²) in [5.74, 6) is -2.05. The van der Waals surface area contributed by atoms with Crippen molar-refractivity contribution >= 4 is 11.6 Å². The Morgan fingerprint density at radius 1 is 0.906 bits per heavy atom. The Kier molecular flexibility index (Phi) is 6.29. The number of pyridine rings is 1. The van der Waals surface area contributed by atoms with Crippen molar-refractivity contribution in [2.45, 2.75) is 32.1 Å². The van der Waals surface area contributed by atoms with Crippen LogP contribution in [0, 0.1) is 6.92 Å². The van der Waals surface area contributed by atoms with E-state index in [2.05, 4.69) is 10.3 Å². The van der Waals surface area contributed by atoms with E-state index in [4.69, 9.17) is 0 Å². The van der Waals surface area contributed by atoms with E-state index >= 15 is 0 Å². The highest BCUT2D eigenvalue weighted by Gasteiger charge is 2.37. The highest BCUT2D eigenvalue weighted by Crippen LogP contribution is 2.38. The van der Waals surface area contributed by atoms with E-state index in [1.807, 2.05) is 25.1 Å². The van der Waals surface area contributed by atoms with Gasteiger partial charge in [-0.2, -0.15) is 26.3 Å². The van der Waals surface area contributed by atoms with Gasteiger partial charge in [0.2, 0.25) is 5.91 Å². The van der Waals surface area contributed by atoms with Crippen LogP contribution in [0.1, 0.15) is 35.1 Å². The third-order valence-corrected chi connectivity index (χ3v) is 5.02. The Morgan fingerprint density at radius 3 is 2.06 bits per heavy atom. The van der Waals surface area contributed by atoms with Crippen LogP contribution in [0.4, 0.5) is 32.0 Å². The largest absolute Gasteiger partial charge is 0.416 e. The van der Waals surface area contributed by atoms with Gasteiger partial charge in [-0.15, -0.1) is 0 Å². The van der Waals surface area contributed by atoms with Gasteiger partial charge in [-0.1, -0.05) is 24.3 Å². The molecule has 0 saturated carbocycles. The molecular formula is C23H18F6N2O. The van der Waals surface area contributed by atoms with Crippen LogP contribution in [0.25, 0.3) is 11.1 Å². The molecule has 3 nitrogen and oxygen atoms in total. The summed E-state index contributed by atoms with van der Waals surface area (Å²) in [5.41, 5.74) is -0.703. The van der Waals surface area contributed by atoms with Crippen LogP contribution in [0.3, 0.4) is 0 Å². The average molecular weight is 452 g/mol. The molecule has 1 aromatic heterocycles. The van der Waals surface area contributed by atoms with Crippen molar-refractivity contribution in [3.8, 4) is 11.1 Å². The van der Waals surface area contributed by atoms with E-state index in [0.29, 0.717) is 23.4 Å². The van der Waals surface area contributed by atoms with Crippen LogP contribution in [0.5, 0.6) is 0 Å². The number of anilines is 1. The summed E-state index contributed by atoms with van der Waals surface area (Å²) in [6.07, 6.45) is -7.09. The Hall–Kier alpha value is -3.36. The van der Waals surface area contributed by atoms with Crippen LogP contribution in [-0.4, -0.2) is 10.9 Å². The maximum atomic E-state index is 13.1. The SMILES string of the molecule is Cc1ccccc1-c1ccncc1NC(=O)C(C)c1cc(C(F)(F)F)cc(C(F)(F)F)c1. The van der Waals surface area contributed by atoms with Gasteiger partial charge in [0, 0.05) is 11.8 Å². The molecule has 0 bridgehead atoms. The molecule has 2 aromatic carbocycles. The first-order valence-corrected chi connectivity index (χ1v) is 9.48. The molecule has 3 rings (SSSR count). The fourth-order valence-electron chi connectivity index (χ4n) is 3.23. The summed E-state index contributed by atoms with van der Waals surface area (Å²) in [6, 6.07) is 10.2. The summed E-state index contributed by atoms with van der Waals surface area (Å²) >= 11 is 0. The third-order valence-electron chi connectivity index (χ3n) is 5.02. The van der Waals surface area contributed by atoms with Gasteiger partial charge in [0.05, 0.1) is 28.9 Å². The highest BCUT2D eigenvalue weighted by atomic mass is 19.4. The zero-order valence-electron chi connectivity index (χ0n) is 17.0. The van der Waals surface area contributed by atoms with Gasteiger partial charge >= 0.3 is 12.4 Å². The van der Waals surface area contributed by atoms with Crippen molar-refractivity contribution in [1.82, 2.24) is 4.98 Å². The van der Waals surface area contributed by atoms with E-state index in [9.17, 15) is 31.1 Å². The zero-order chi connectivity index (χ0) is 23.7. The molecule has 1 heterocycles. The average Bonchev–Trinajstić information content (AvgIpc) is 2.72. The summed E-state index contributed by atoms with van der Waals surface area (Å²) in [5, 5.41) is 2.59. The first-order chi connectivity index (χ1) is 14.9. The number of aryl methyl sites for hydroxylation is 1. The Morgan fingerprint density at radius 2 is 1.50 bits per heavy atom. The minimum absolute atomic E-state index is 0.0333. The lowest BCUT2D eigenvalue weighted by molar-refractivity contribution is -0.143. The fraction of sp³-hybridized carbons (Fsp3) is 0.217. The quantitative estimate of drug-likeness (QED) is 0.441. The predicted molar refractivity (Wildman–Crippen MR) is 108 cm³/mol. The lowest BCUT2D eigenvalue weighted by Gasteiger charge is -2.19. The summed E-state index contributed by atoms with van der Waals surface area (Å²) in [4.78, 5) is 16.8. The van der Waals surface area contributed by atoms with Gasteiger partial charge in [0.25, 0.3) is 0 Å². The van der Waals surface area contributed by atoms with Crippen LogP contribution in [0.2, 0.25) is 0 Å². The molecule has 0 spiro atoms. The summed E-state index contributed by atoms with van der Waals surface area (Å²) in [6.45, 7) is 3.11. The van der Waals surface area contributed by atoms with E-state index in [0.717, 1.165) is 11.1 Å². The fourth-order valence-corrected chi connectivity index (χ4v) is 3.23. The molecule has 0 saturated heterocycles. The summed E-state index contributed by atoms with van der Waals surface area (Å²) in [7, 11) is 0. The number of benzene rings is 2. The number of hydrogen-bond donors (Lipinski definition) is 1. The topological polar surface area (TPSA) is 42.0 Å². The van der Waals surface area contributed by atoms with Gasteiger partial charge in [-0.3, -0.25) is 9.78 Å². The number of nitrogens with zero attached hydrogens (tertiary/aromatic N) is 1. The van der Waals surface area contributed by atoms with Gasteiger partial charge in [0.1, 0.15) is 0 Å². The number of halogens is 6. The van der Waals surface area contributed by atoms with Crippen LogP contribution >= 0.6 is 0 Å². The second kappa shape index (κ2) is 8.64. The van der Waals surface area contributed by atoms with Crippen molar-refractivity contribution in [3.05, 3.63) is 83.2 Å². The Bertz CT molecular complexity index is 1110. The van der Waals surface area contributed by atoms with E-state index < -0.39 is 40.9 Å². The van der Waals surface area contributed by atoms with Crippen LogP contribution in [-0.2, 0) is 17.1 Å². The smallest absolute Gasteiger partial charge is 0.324 e. The number of aromatic nitrogens is 1. The molecule has 0 fully saturated rings. The monoisotopic (exact) mass is 452 g/mol.